The van der Waals surface area contributed by atoms with Crippen LogP contribution in [0.1, 0.15) is 24.1 Å². The second-order valence-electron chi connectivity index (χ2n) is 4.99. The van der Waals surface area contributed by atoms with E-state index in [-0.39, 0.29) is 30.1 Å². The predicted molar refractivity (Wildman–Crippen MR) is 84.1 cm³/mol. The second-order valence-corrected chi connectivity index (χ2v) is 5.33. The number of ether oxygens (including phenoxy) is 1. The number of rotatable bonds is 3. The zero-order chi connectivity index (χ0) is 16.0. The molecule has 0 aromatic carbocycles. The van der Waals surface area contributed by atoms with Gasteiger partial charge < -0.3 is 21.3 Å². The van der Waals surface area contributed by atoms with Gasteiger partial charge in [0, 0.05) is 17.3 Å². The quantitative estimate of drug-likeness (QED) is 0.574. The Morgan fingerprint density at radius 3 is 2.62 bits per heavy atom. The monoisotopic (exact) mass is 314 g/mol. The second kappa shape index (κ2) is 8.29. The van der Waals surface area contributed by atoms with Gasteiger partial charge in [0.25, 0.3) is 0 Å². The molecule has 118 valence electrons. The Morgan fingerprint density at radius 2 is 2.14 bits per heavy atom. The maximum atomic E-state index is 8.79. The Morgan fingerprint density at radius 1 is 1.48 bits per heavy atom. The minimum absolute atomic E-state index is 0.00931. The number of halogens is 1. The van der Waals surface area contributed by atoms with Crippen LogP contribution in [0.15, 0.2) is 12.7 Å². The molecule has 0 spiro atoms. The zero-order valence-corrected chi connectivity index (χ0v) is 13.2. The molecule has 0 amide bonds. The molecule has 2 heterocycles. The summed E-state index contributed by atoms with van der Waals surface area (Å²) in [5.74, 6) is 0.456. The molecule has 1 fully saturated rings. The summed E-state index contributed by atoms with van der Waals surface area (Å²) in [6.45, 7) is 7.35. The third kappa shape index (κ3) is 5.24. The van der Waals surface area contributed by atoms with Crippen LogP contribution in [-0.2, 0) is 4.74 Å². The number of hydrogen-bond donors (Lipinski definition) is 3. The lowest BCUT2D eigenvalue weighted by Gasteiger charge is -2.10. The van der Waals surface area contributed by atoms with Crippen molar-refractivity contribution < 1.29 is 9.84 Å². The first kappa shape index (κ1) is 17.8. The summed E-state index contributed by atoms with van der Waals surface area (Å²) in [5.41, 5.74) is 12.9. The van der Waals surface area contributed by atoms with Crippen LogP contribution in [0.2, 0.25) is 5.28 Å². The molecule has 1 aliphatic rings. The van der Waals surface area contributed by atoms with Crippen molar-refractivity contribution in [2.75, 3.05) is 12.3 Å². The molecule has 0 saturated carbocycles. The van der Waals surface area contributed by atoms with Crippen LogP contribution in [0.4, 0.5) is 5.82 Å². The van der Waals surface area contributed by atoms with Gasteiger partial charge in [-0.2, -0.15) is 0 Å². The van der Waals surface area contributed by atoms with E-state index < -0.39 is 0 Å². The smallest absolute Gasteiger partial charge is 0.224 e. The molecule has 0 aliphatic carbocycles. The van der Waals surface area contributed by atoms with Gasteiger partial charge in [-0.05, 0) is 38.3 Å². The van der Waals surface area contributed by atoms with Crippen molar-refractivity contribution in [1.29, 1.82) is 0 Å². The Labute approximate surface area is 130 Å². The summed E-state index contributed by atoms with van der Waals surface area (Å²) < 4.78 is 5.42. The molecule has 5 N–H and O–H groups in total. The van der Waals surface area contributed by atoms with Gasteiger partial charge in [0.1, 0.15) is 5.82 Å². The molecule has 21 heavy (non-hydrogen) atoms. The largest absolute Gasteiger partial charge is 0.394 e. The number of hydrogen-bond acceptors (Lipinski definition) is 6. The summed E-state index contributed by atoms with van der Waals surface area (Å²) in [6, 6.07) is -0.00931. The van der Waals surface area contributed by atoms with Crippen molar-refractivity contribution in [2.24, 2.45) is 5.73 Å². The van der Waals surface area contributed by atoms with Crippen LogP contribution in [0, 0.1) is 13.8 Å². The first-order valence-electron chi connectivity index (χ1n) is 6.78. The molecular weight excluding hydrogens is 292 g/mol. The van der Waals surface area contributed by atoms with Crippen LogP contribution in [0.3, 0.4) is 0 Å². The molecule has 1 aromatic rings. The number of aliphatic hydroxyl groups is 1. The highest BCUT2D eigenvalue weighted by Crippen LogP contribution is 2.20. The number of aromatic nitrogens is 2. The van der Waals surface area contributed by atoms with E-state index >= 15 is 0 Å². The molecule has 2 rings (SSSR count). The Hall–Kier alpha value is -1.21. The minimum atomic E-state index is -0.167. The van der Waals surface area contributed by atoms with E-state index in [1.807, 2.05) is 19.9 Å². The first-order valence-corrected chi connectivity index (χ1v) is 7.15. The van der Waals surface area contributed by atoms with Gasteiger partial charge in [-0.25, -0.2) is 9.97 Å². The predicted octanol–water partition coefficient (Wildman–Crippen LogP) is 1.37. The minimum Gasteiger partial charge on any atom is -0.394 e. The van der Waals surface area contributed by atoms with E-state index in [2.05, 4.69) is 16.5 Å². The van der Waals surface area contributed by atoms with E-state index in [0.29, 0.717) is 5.82 Å². The Balaban J connectivity index is 0.000000211. The summed E-state index contributed by atoms with van der Waals surface area (Å²) in [4.78, 5) is 7.67. The number of aryl methyl sites for hydroxylation is 1. The van der Waals surface area contributed by atoms with Crippen molar-refractivity contribution >= 4 is 17.4 Å². The van der Waals surface area contributed by atoms with Crippen LogP contribution in [-0.4, -0.2) is 39.9 Å². The molecule has 0 radical (unpaired) electrons. The molecule has 1 saturated heterocycles. The van der Waals surface area contributed by atoms with Crippen LogP contribution < -0.4 is 11.5 Å². The van der Waals surface area contributed by atoms with E-state index in [1.54, 1.807) is 0 Å². The molecule has 6 nitrogen and oxygen atoms in total. The highest BCUT2D eigenvalue weighted by atomic mass is 35.5. The maximum Gasteiger partial charge on any atom is 0.224 e. The molecule has 7 heteroatoms. The fourth-order valence-corrected chi connectivity index (χ4v) is 2.21. The molecule has 3 atom stereocenters. The topological polar surface area (TPSA) is 107 Å². The van der Waals surface area contributed by atoms with Gasteiger partial charge in [-0.1, -0.05) is 6.08 Å². The standard InChI is InChI=1S/C8H15NO2.C6H8ClN3/c1-2-3-6-4-7(9)8(5-10)11-6;1-3-4(2)9-6(7)10-5(3)8/h2,6-8,10H,1,3-5,9H2;1-2H3,(H2,8,9,10). The average Bonchev–Trinajstić information content (AvgIpc) is 2.77. The molecule has 0 bridgehead atoms. The maximum absolute atomic E-state index is 8.79. The summed E-state index contributed by atoms with van der Waals surface area (Å²) in [6.07, 6.45) is 3.47. The van der Waals surface area contributed by atoms with Crippen molar-refractivity contribution in [2.45, 2.75) is 44.9 Å². The number of nitrogens with two attached hydrogens (primary N) is 2. The third-order valence-corrected chi connectivity index (χ3v) is 3.56. The third-order valence-electron chi connectivity index (χ3n) is 3.39. The van der Waals surface area contributed by atoms with E-state index in [4.69, 9.17) is 32.9 Å². The van der Waals surface area contributed by atoms with Crippen LogP contribution in [0.25, 0.3) is 0 Å². The van der Waals surface area contributed by atoms with Gasteiger partial charge in [0.15, 0.2) is 0 Å². The lowest BCUT2D eigenvalue weighted by atomic mass is 10.1. The zero-order valence-electron chi connectivity index (χ0n) is 12.4. The van der Waals surface area contributed by atoms with Crippen molar-refractivity contribution in [3.63, 3.8) is 0 Å². The Bertz CT molecular complexity index is 461. The van der Waals surface area contributed by atoms with E-state index in [0.717, 1.165) is 24.1 Å². The molecule has 1 aromatic heterocycles. The van der Waals surface area contributed by atoms with Gasteiger partial charge in [-0.15, -0.1) is 6.58 Å². The highest BCUT2D eigenvalue weighted by Gasteiger charge is 2.30. The first-order chi connectivity index (χ1) is 9.88. The lowest BCUT2D eigenvalue weighted by molar-refractivity contribution is 0.00948. The van der Waals surface area contributed by atoms with Crippen molar-refractivity contribution in [3.8, 4) is 0 Å². The van der Waals surface area contributed by atoms with E-state index in [1.165, 1.54) is 0 Å². The van der Waals surface area contributed by atoms with Crippen molar-refractivity contribution in [3.05, 3.63) is 29.2 Å². The highest BCUT2D eigenvalue weighted by molar-refractivity contribution is 6.28. The molecule has 3 unspecified atom stereocenters. The SMILES string of the molecule is C=CCC1CC(N)C(CO)O1.Cc1nc(Cl)nc(N)c1C. The van der Waals surface area contributed by atoms with Gasteiger partial charge >= 0.3 is 0 Å². The number of nitrogen functional groups attached to an aromatic ring is 1. The summed E-state index contributed by atoms with van der Waals surface area (Å²) >= 11 is 5.52. The van der Waals surface area contributed by atoms with Crippen LogP contribution >= 0.6 is 11.6 Å². The number of nitrogens with zero attached hydrogens (tertiary/aromatic N) is 2. The number of anilines is 1. The summed E-state index contributed by atoms with van der Waals surface area (Å²) in [5, 5.41) is 9.00. The fourth-order valence-electron chi connectivity index (χ4n) is 1.99. The van der Waals surface area contributed by atoms with Gasteiger partial charge in [-0.3, -0.25) is 0 Å². The van der Waals surface area contributed by atoms with Crippen LogP contribution in [0.5, 0.6) is 0 Å². The Kier molecular flexibility index (Phi) is 7.04. The number of aliphatic hydroxyl groups excluding tert-OH is 1. The summed E-state index contributed by atoms with van der Waals surface area (Å²) in [7, 11) is 0. The normalized spacial score (nSPS) is 24.3. The average molecular weight is 315 g/mol. The molecular formula is C14H23ClN4O2. The van der Waals surface area contributed by atoms with Gasteiger partial charge in [0.2, 0.25) is 5.28 Å². The van der Waals surface area contributed by atoms with Crippen molar-refractivity contribution in [1.82, 2.24) is 9.97 Å². The molecule has 1 aliphatic heterocycles. The van der Waals surface area contributed by atoms with E-state index in [9.17, 15) is 0 Å². The van der Waals surface area contributed by atoms with Gasteiger partial charge in [0.05, 0.1) is 18.8 Å². The lowest BCUT2D eigenvalue weighted by Crippen LogP contribution is -2.32. The fraction of sp³-hybridized carbons (Fsp3) is 0.571.